The third-order valence-corrected chi connectivity index (χ3v) is 3.64. The first kappa shape index (κ1) is 12.9. The summed E-state index contributed by atoms with van der Waals surface area (Å²) in [5, 5.41) is 5.77. The van der Waals surface area contributed by atoms with Gasteiger partial charge in [-0.15, -0.1) is 0 Å². The molecular weight excluding hydrogens is 254 g/mol. The summed E-state index contributed by atoms with van der Waals surface area (Å²) < 4.78 is 0. The van der Waals surface area contributed by atoms with Crippen LogP contribution in [-0.4, -0.2) is 56.5 Å². The highest BCUT2D eigenvalue weighted by Gasteiger charge is 2.15. The molecule has 1 amide bonds. The number of nitrogens with one attached hydrogen (secondary N) is 2. The van der Waals surface area contributed by atoms with Crippen LogP contribution < -0.4 is 15.5 Å². The predicted molar refractivity (Wildman–Crippen MR) is 80.2 cm³/mol. The van der Waals surface area contributed by atoms with Crippen molar-refractivity contribution >= 4 is 23.2 Å². The van der Waals surface area contributed by atoms with E-state index in [0.29, 0.717) is 5.96 Å². The van der Waals surface area contributed by atoms with E-state index in [4.69, 9.17) is 0 Å². The molecule has 2 N–H and O–H groups in total. The predicted octanol–water partition coefficient (Wildman–Crippen LogP) is 0.336. The minimum absolute atomic E-state index is 0.0680. The van der Waals surface area contributed by atoms with E-state index in [1.807, 2.05) is 12.1 Å². The van der Waals surface area contributed by atoms with Gasteiger partial charge >= 0.3 is 0 Å². The van der Waals surface area contributed by atoms with Crippen LogP contribution >= 0.6 is 0 Å². The van der Waals surface area contributed by atoms with Gasteiger partial charge in [0.25, 0.3) is 0 Å². The summed E-state index contributed by atoms with van der Waals surface area (Å²) in [5.74, 6) is 0.462. The number of hydrogen-bond acceptors (Lipinski definition) is 5. The van der Waals surface area contributed by atoms with Gasteiger partial charge in [0.1, 0.15) is 6.54 Å². The number of guanidine groups is 1. The molecule has 6 nitrogen and oxygen atoms in total. The molecule has 1 aromatic rings. The van der Waals surface area contributed by atoms with Crippen molar-refractivity contribution in [2.45, 2.75) is 0 Å². The van der Waals surface area contributed by atoms with Crippen molar-refractivity contribution in [1.29, 1.82) is 0 Å². The Kier molecular flexibility index (Phi) is 3.56. The van der Waals surface area contributed by atoms with Crippen molar-refractivity contribution in [3.63, 3.8) is 0 Å². The molecule has 0 unspecified atom stereocenters. The highest BCUT2D eigenvalue weighted by molar-refractivity contribution is 6.08. The Morgan fingerprint density at radius 3 is 2.45 bits per heavy atom. The number of hydrogen-bond donors (Lipinski definition) is 2. The van der Waals surface area contributed by atoms with Crippen molar-refractivity contribution in [2.75, 3.05) is 50.0 Å². The molecule has 0 atom stereocenters. The lowest BCUT2D eigenvalue weighted by Gasteiger charge is -2.34. The number of piperazine rings is 1. The second-order valence-electron chi connectivity index (χ2n) is 5.18. The monoisotopic (exact) mass is 273 g/mol. The number of carbonyl (C=O) groups is 1. The summed E-state index contributed by atoms with van der Waals surface area (Å²) in [5.41, 5.74) is 2.17. The second kappa shape index (κ2) is 5.50. The molecule has 1 fully saturated rings. The Morgan fingerprint density at radius 1 is 1.15 bits per heavy atom. The van der Waals surface area contributed by atoms with E-state index in [2.05, 4.69) is 44.6 Å². The van der Waals surface area contributed by atoms with Gasteiger partial charge in [-0.2, -0.15) is 0 Å². The van der Waals surface area contributed by atoms with Crippen LogP contribution in [0.15, 0.2) is 29.3 Å². The van der Waals surface area contributed by atoms with E-state index in [0.717, 1.165) is 31.9 Å². The second-order valence-corrected chi connectivity index (χ2v) is 5.18. The van der Waals surface area contributed by atoms with Crippen LogP contribution in [0.2, 0.25) is 0 Å². The summed E-state index contributed by atoms with van der Waals surface area (Å²) in [7, 11) is 2.15. The molecule has 2 heterocycles. The molecule has 0 bridgehead atoms. The molecule has 1 aromatic carbocycles. The number of carbonyl (C=O) groups excluding carboxylic acids is 1. The van der Waals surface area contributed by atoms with E-state index in [1.54, 1.807) is 0 Å². The van der Waals surface area contributed by atoms with Crippen LogP contribution in [0.3, 0.4) is 0 Å². The highest BCUT2D eigenvalue weighted by Crippen LogP contribution is 2.19. The fourth-order valence-corrected chi connectivity index (χ4v) is 2.39. The van der Waals surface area contributed by atoms with E-state index >= 15 is 0 Å². The summed E-state index contributed by atoms with van der Waals surface area (Å²) in [4.78, 5) is 19.8. The maximum Gasteiger partial charge on any atom is 0.248 e. The summed E-state index contributed by atoms with van der Waals surface area (Å²) in [6, 6.07) is 8.23. The standard InChI is InChI=1S/C14H19N5O/c1-18-6-8-19(9-7-18)12-4-2-11(3-5-12)16-14-15-10-13(20)17-14/h2-5H,6-10H2,1H3,(H2,15,16,17,20). The minimum atomic E-state index is -0.0680. The first-order valence-corrected chi connectivity index (χ1v) is 6.85. The molecule has 0 radical (unpaired) electrons. The van der Waals surface area contributed by atoms with E-state index in [-0.39, 0.29) is 12.5 Å². The van der Waals surface area contributed by atoms with E-state index < -0.39 is 0 Å². The number of anilines is 2. The van der Waals surface area contributed by atoms with Crippen LogP contribution in [0.4, 0.5) is 11.4 Å². The lowest BCUT2D eigenvalue weighted by molar-refractivity contribution is -0.117. The molecule has 3 rings (SSSR count). The Balaban J connectivity index is 1.61. The zero-order valence-corrected chi connectivity index (χ0v) is 11.6. The fraction of sp³-hybridized carbons (Fsp3) is 0.429. The van der Waals surface area contributed by atoms with Crippen molar-refractivity contribution in [3.8, 4) is 0 Å². The number of rotatable bonds is 2. The Morgan fingerprint density at radius 2 is 1.85 bits per heavy atom. The van der Waals surface area contributed by atoms with Crippen LogP contribution in [0, 0.1) is 0 Å². The maximum absolute atomic E-state index is 11.1. The van der Waals surface area contributed by atoms with Gasteiger partial charge in [0, 0.05) is 37.6 Å². The van der Waals surface area contributed by atoms with Crippen LogP contribution in [0.5, 0.6) is 0 Å². The lowest BCUT2D eigenvalue weighted by atomic mass is 10.2. The molecule has 2 aliphatic rings. The average molecular weight is 273 g/mol. The molecule has 2 aliphatic heterocycles. The van der Waals surface area contributed by atoms with Crippen molar-refractivity contribution in [1.82, 2.24) is 10.2 Å². The smallest absolute Gasteiger partial charge is 0.248 e. The number of amides is 1. The van der Waals surface area contributed by atoms with Gasteiger partial charge in [-0.1, -0.05) is 0 Å². The maximum atomic E-state index is 11.1. The molecule has 106 valence electrons. The number of aliphatic imine (C=N–C) groups is 1. The number of likely N-dealkylation sites (N-methyl/N-ethyl adjacent to an activating group) is 1. The fourth-order valence-electron chi connectivity index (χ4n) is 2.39. The summed E-state index contributed by atoms with van der Waals surface area (Å²) in [6.07, 6.45) is 0. The van der Waals surface area contributed by atoms with Gasteiger partial charge in [-0.25, -0.2) is 4.99 Å². The normalized spacial score (nSPS) is 19.8. The highest BCUT2D eigenvalue weighted by atomic mass is 16.2. The first-order valence-electron chi connectivity index (χ1n) is 6.85. The number of benzene rings is 1. The summed E-state index contributed by atoms with van der Waals surface area (Å²) in [6.45, 7) is 4.53. The van der Waals surface area contributed by atoms with Crippen molar-refractivity contribution in [3.05, 3.63) is 24.3 Å². The zero-order chi connectivity index (χ0) is 13.9. The Labute approximate surface area is 118 Å². The zero-order valence-electron chi connectivity index (χ0n) is 11.6. The third-order valence-electron chi connectivity index (χ3n) is 3.64. The van der Waals surface area contributed by atoms with Gasteiger partial charge < -0.3 is 15.1 Å². The molecule has 0 aromatic heterocycles. The summed E-state index contributed by atoms with van der Waals surface area (Å²) >= 11 is 0. The van der Waals surface area contributed by atoms with Crippen LogP contribution in [0.1, 0.15) is 0 Å². The van der Waals surface area contributed by atoms with Gasteiger partial charge in [0.2, 0.25) is 11.9 Å². The largest absolute Gasteiger partial charge is 0.369 e. The SMILES string of the molecule is CN1CCN(c2ccc(NC3=NCC(=O)N3)cc2)CC1. The third kappa shape index (κ3) is 2.91. The molecule has 0 saturated carbocycles. The van der Waals surface area contributed by atoms with E-state index in [1.165, 1.54) is 5.69 Å². The first-order chi connectivity index (χ1) is 9.70. The lowest BCUT2D eigenvalue weighted by Crippen LogP contribution is -2.44. The number of nitrogens with zero attached hydrogens (tertiary/aromatic N) is 3. The van der Waals surface area contributed by atoms with Crippen LogP contribution in [0.25, 0.3) is 0 Å². The Bertz CT molecular complexity index is 517. The molecule has 20 heavy (non-hydrogen) atoms. The van der Waals surface area contributed by atoms with Crippen molar-refractivity contribution < 1.29 is 4.79 Å². The minimum Gasteiger partial charge on any atom is -0.369 e. The van der Waals surface area contributed by atoms with Gasteiger partial charge in [0.05, 0.1) is 0 Å². The quantitative estimate of drug-likeness (QED) is 0.815. The van der Waals surface area contributed by atoms with Gasteiger partial charge in [0.15, 0.2) is 0 Å². The van der Waals surface area contributed by atoms with Gasteiger partial charge in [-0.3, -0.25) is 10.1 Å². The molecule has 0 aliphatic carbocycles. The molecule has 1 saturated heterocycles. The average Bonchev–Trinajstić information content (AvgIpc) is 2.86. The van der Waals surface area contributed by atoms with Gasteiger partial charge in [-0.05, 0) is 31.3 Å². The van der Waals surface area contributed by atoms with E-state index in [9.17, 15) is 4.79 Å². The van der Waals surface area contributed by atoms with Crippen molar-refractivity contribution in [2.24, 2.45) is 4.99 Å². The molecule has 6 heteroatoms. The Hall–Kier alpha value is -2.08. The molecule has 0 spiro atoms. The van der Waals surface area contributed by atoms with Crippen LogP contribution in [-0.2, 0) is 4.79 Å². The molecular formula is C14H19N5O. The topological polar surface area (TPSA) is 60.0 Å².